The Balaban J connectivity index is 3.35. The molecule has 5 nitrogen and oxygen atoms in total. The van der Waals surface area contributed by atoms with Gasteiger partial charge in [-0.3, -0.25) is 4.79 Å². The lowest BCUT2D eigenvalue weighted by Crippen LogP contribution is -2.32. The highest BCUT2D eigenvalue weighted by atomic mass is 16.5. The van der Waals surface area contributed by atoms with Gasteiger partial charge in [-0.15, -0.1) is 0 Å². The van der Waals surface area contributed by atoms with Gasteiger partial charge in [0.05, 0.1) is 18.2 Å². The van der Waals surface area contributed by atoms with E-state index in [-0.39, 0.29) is 22.8 Å². The molecule has 1 aromatic rings. The number of carbonyl (C=O) groups is 2. The number of carboxylic acid groups (broad SMARTS) is 1. The number of benzene rings is 1. The number of rotatable bonds is 5. The van der Waals surface area contributed by atoms with Gasteiger partial charge in [-0.25, -0.2) is 4.79 Å². The van der Waals surface area contributed by atoms with Crippen LogP contribution in [0.5, 0.6) is 5.75 Å². The Hall–Kier alpha value is -2.04. The number of aromatic carboxylic acids is 1. The van der Waals surface area contributed by atoms with Crippen molar-refractivity contribution < 1.29 is 19.4 Å². The third-order valence-electron chi connectivity index (χ3n) is 2.74. The average Bonchev–Trinajstić information content (AvgIpc) is 2.38. The highest BCUT2D eigenvalue weighted by Crippen LogP contribution is 2.24. The maximum atomic E-state index is 12.3. The molecule has 1 N–H and O–H groups in total. The fraction of sp³-hybridized carbons (Fsp3) is 0.385. The number of ether oxygens (including phenoxy) is 1. The van der Waals surface area contributed by atoms with Gasteiger partial charge >= 0.3 is 5.97 Å². The zero-order valence-corrected chi connectivity index (χ0v) is 10.8. The van der Waals surface area contributed by atoms with Crippen LogP contribution in [0.1, 0.15) is 34.6 Å². The minimum absolute atomic E-state index is 0.0359. The molecule has 0 heterocycles. The highest BCUT2D eigenvalue weighted by molar-refractivity contribution is 6.06. The Labute approximate surface area is 106 Å². The standard InChI is InChI=1S/C13H17NO4/c1-4-14(5-2)12(15)11-9(13(16)17)7-6-8-10(11)18-3/h6-8H,4-5H2,1-3H3,(H,16,17). The summed E-state index contributed by atoms with van der Waals surface area (Å²) in [6, 6.07) is 4.55. The van der Waals surface area contributed by atoms with Crippen LogP contribution in [0, 0.1) is 0 Å². The zero-order chi connectivity index (χ0) is 13.7. The van der Waals surface area contributed by atoms with Crippen LogP contribution in [-0.2, 0) is 0 Å². The van der Waals surface area contributed by atoms with Gasteiger partial charge in [0.15, 0.2) is 0 Å². The lowest BCUT2D eigenvalue weighted by Gasteiger charge is -2.21. The third-order valence-corrected chi connectivity index (χ3v) is 2.74. The predicted octanol–water partition coefficient (Wildman–Crippen LogP) is 1.88. The van der Waals surface area contributed by atoms with E-state index in [2.05, 4.69) is 0 Å². The van der Waals surface area contributed by atoms with Crippen LogP contribution in [0.3, 0.4) is 0 Å². The smallest absolute Gasteiger partial charge is 0.336 e. The van der Waals surface area contributed by atoms with Gasteiger partial charge in [-0.2, -0.15) is 0 Å². The van der Waals surface area contributed by atoms with E-state index in [0.29, 0.717) is 13.1 Å². The molecule has 0 radical (unpaired) electrons. The summed E-state index contributed by atoms with van der Waals surface area (Å²) in [4.78, 5) is 25.0. The minimum atomic E-state index is -1.13. The Morgan fingerprint density at radius 1 is 1.28 bits per heavy atom. The van der Waals surface area contributed by atoms with E-state index in [1.807, 2.05) is 13.8 Å². The van der Waals surface area contributed by atoms with Crippen molar-refractivity contribution in [2.45, 2.75) is 13.8 Å². The van der Waals surface area contributed by atoms with Crippen molar-refractivity contribution in [1.82, 2.24) is 4.90 Å². The summed E-state index contributed by atoms with van der Waals surface area (Å²) in [5, 5.41) is 9.14. The molecule has 0 aliphatic rings. The Kier molecular flexibility index (Phi) is 4.71. The Morgan fingerprint density at radius 3 is 2.33 bits per heavy atom. The molecule has 1 amide bonds. The first kappa shape index (κ1) is 14.0. The van der Waals surface area contributed by atoms with Crippen molar-refractivity contribution in [2.75, 3.05) is 20.2 Å². The van der Waals surface area contributed by atoms with Crippen LogP contribution < -0.4 is 4.74 Å². The quantitative estimate of drug-likeness (QED) is 0.867. The van der Waals surface area contributed by atoms with E-state index < -0.39 is 5.97 Å². The first-order valence-electron chi connectivity index (χ1n) is 5.76. The van der Waals surface area contributed by atoms with Gasteiger partial charge in [0, 0.05) is 13.1 Å². The second kappa shape index (κ2) is 6.05. The Bertz CT molecular complexity index is 452. The number of amides is 1. The molecule has 0 unspecified atom stereocenters. The van der Waals surface area contributed by atoms with Crippen molar-refractivity contribution >= 4 is 11.9 Å². The molecule has 98 valence electrons. The molecular weight excluding hydrogens is 234 g/mol. The minimum Gasteiger partial charge on any atom is -0.496 e. The van der Waals surface area contributed by atoms with Gasteiger partial charge in [-0.05, 0) is 26.0 Å². The molecule has 0 saturated heterocycles. The molecule has 0 bridgehead atoms. The lowest BCUT2D eigenvalue weighted by molar-refractivity contribution is 0.0676. The summed E-state index contributed by atoms with van der Waals surface area (Å²) in [5.74, 6) is -1.17. The van der Waals surface area contributed by atoms with E-state index in [0.717, 1.165) is 0 Å². The molecule has 0 saturated carbocycles. The molecule has 1 aromatic carbocycles. The highest BCUT2D eigenvalue weighted by Gasteiger charge is 2.24. The topological polar surface area (TPSA) is 66.8 Å². The maximum absolute atomic E-state index is 12.3. The molecule has 0 spiro atoms. The van der Waals surface area contributed by atoms with Crippen LogP contribution in [0.2, 0.25) is 0 Å². The Morgan fingerprint density at radius 2 is 1.89 bits per heavy atom. The van der Waals surface area contributed by atoms with Crippen LogP contribution in [0.15, 0.2) is 18.2 Å². The average molecular weight is 251 g/mol. The molecule has 18 heavy (non-hydrogen) atoms. The summed E-state index contributed by atoms with van der Waals surface area (Å²) in [6.07, 6.45) is 0. The van der Waals surface area contributed by atoms with Crippen molar-refractivity contribution in [1.29, 1.82) is 0 Å². The number of carbonyl (C=O) groups excluding carboxylic acids is 1. The summed E-state index contributed by atoms with van der Waals surface area (Å²) in [5.41, 5.74) is 0.0717. The monoisotopic (exact) mass is 251 g/mol. The van der Waals surface area contributed by atoms with E-state index in [9.17, 15) is 9.59 Å². The molecule has 0 atom stereocenters. The van der Waals surface area contributed by atoms with Crippen molar-refractivity contribution in [3.63, 3.8) is 0 Å². The number of hydrogen-bond donors (Lipinski definition) is 1. The van der Waals surface area contributed by atoms with Gasteiger partial charge < -0.3 is 14.7 Å². The molecular formula is C13H17NO4. The molecule has 0 aromatic heterocycles. The number of methoxy groups -OCH3 is 1. The lowest BCUT2D eigenvalue weighted by atomic mass is 10.0. The largest absolute Gasteiger partial charge is 0.496 e. The van der Waals surface area contributed by atoms with Gasteiger partial charge in [-0.1, -0.05) is 6.07 Å². The van der Waals surface area contributed by atoms with Gasteiger partial charge in [0.2, 0.25) is 0 Å². The molecule has 0 fully saturated rings. The van der Waals surface area contributed by atoms with Crippen LogP contribution in [-0.4, -0.2) is 42.1 Å². The maximum Gasteiger partial charge on any atom is 0.336 e. The van der Waals surface area contributed by atoms with Crippen LogP contribution >= 0.6 is 0 Å². The van der Waals surface area contributed by atoms with Crippen molar-refractivity contribution in [2.24, 2.45) is 0 Å². The van der Waals surface area contributed by atoms with Crippen molar-refractivity contribution in [3.8, 4) is 5.75 Å². The third kappa shape index (κ3) is 2.61. The number of nitrogens with zero attached hydrogens (tertiary/aromatic N) is 1. The SMILES string of the molecule is CCN(CC)C(=O)c1c(OC)cccc1C(=O)O. The number of hydrogen-bond acceptors (Lipinski definition) is 3. The number of carboxylic acids is 1. The first-order valence-corrected chi connectivity index (χ1v) is 5.76. The molecule has 1 rings (SSSR count). The van der Waals surface area contributed by atoms with Gasteiger partial charge in [0.1, 0.15) is 5.75 Å². The fourth-order valence-corrected chi connectivity index (χ4v) is 1.77. The summed E-state index contributed by atoms with van der Waals surface area (Å²) < 4.78 is 5.09. The summed E-state index contributed by atoms with van der Waals surface area (Å²) in [6.45, 7) is 4.73. The normalized spacial score (nSPS) is 9.94. The molecule has 5 heteroatoms. The van der Waals surface area contributed by atoms with Crippen molar-refractivity contribution in [3.05, 3.63) is 29.3 Å². The van der Waals surface area contributed by atoms with E-state index in [4.69, 9.17) is 9.84 Å². The van der Waals surface area contributed by atoms with Gasteiger partial charge in [0.25, 0.3) is 5.91 Å². The predicted molar refractivity (Wildman–Crippen MR) is 67.2 cm³/mol. The fourth-order valence-electron chi connectivity index (χ4n) is 1.77. The molecule has 0 aliphatic heterocycles. The second-order valence-corrected chi connectivity index (χ2v) is 3.67. The van der Waals surface area contributed by atoms with E-state index in [1.54, 1.807) is 17.0 Å². The summed E-state index contributed by atoms with van der Waals surface area (Å²) in [7, 11) is 1.42. The second-order valence-electron chi connectivity index (χ2n) is 3.67. The first-order chi connectivity index (χ1) is 8.56. The van der Waals surface area contributed by atoms with E-state index in [1.165, 1.54) is 13.2 Å². The van der Waals surface area contributed by atoms with Crippen LogP contribution in [0.4, 0.5) is 0 Å². The summed E-state index contributed by atoms with van der Waals surface area (Å²) >= 11 is 0. The van der Waals surface area contributed by atoms with Crippen LogP contribution in [0.25, 0.3) is 0 Å². The zero-order valence-electron chi connectivity index (χ0n) is 10.8. The van der Waals surface area contributed by atoms with E-state index >= 15 is 0 Å². The molecule has 0 aliphatic carbocycles.